The van der Waals surface area contributed by atoms with Gasteiger partial charge >= 0.3 is 12.1 Å². The second kappa shape index (κ2) is 14.2. The number of cyclic esters (lactones) is 1. The van der Waals surface area contributed by atoms with E-state index in [1.54, 1.807) is 31.7 Å². The fourth-order valence-electron chi connectivity index (χ4n) is 8.07. The molecule has 1 amide bonds. The van der Waals surface area contributed by atoms with Gasteiger partial charge in [-0.2, -0.15) is 0 Å². The average molecular weight is 652 g/mol. The predicted octanol–water partition coefficient (Wildman–Crippen LogP) is 3.18. The van der Waals surface area contributed by atoms with E-state index in [2.05, 4.69) is 6.92 Å². The third-order valence-electron chi connectivity index (χ3n) is 10.5. The van der Waals surface area contributed by atoms with Gasteiger partial charge in [0.2, 0.25) is 0 Å². The molecule has 13 atom stereocenters. The summed E-state index contributed by atoms with van der Waals surface area (Å²) in [4.78, 5) is 35.4. The Morgan fingerprint density at radius 3 is 2.48 bits per heavy atom. The molecule has 12 heteroatoms. The number of aliphatic imine (C=N–C) groups is 1. The largest absolute Gasteiger partial charge is 0.455 e. The minimum Gasteiger partial charge on any atom is -0.455 e. The number of rotatable bonds is 6. The summed E-state index contributed by atoms with van der Waals surface area (Å²) in [6, 6.07) is -0.598. The Balaban J connectivity index is 1.83. The van der Waals surface area contributed by atoms with E-state index in [1.165, 1.54) is 0 Å². The van der Waals surface area contributed by atoms with Crippen LogP contribution in [0.3, 0.4) is 0 Å². The molecule has 2 unspecified atom stereocenters. The van der Waals surface area contributed by atoms with Crippen molar-refractivity contribution in [1.82, 2.24) is 9.80 Å². The highest BCUT2D eigenvalue weighted by atomic mass is 16.7. The van der Waals surface area contributed by atoms with E-state index in [9.17, 15) is 19.8 Å². The van der Waals surface area contributed by atoms with Crippen molar-refractivity contribution in [2.45, 2.75) is 135 Å². The molecule has 0 saturated carbocycles. The van der Waals surface area contributed by atoms with Gasteiger partial charge in [-0.05, 0) is 74.4 Å². The van der Waals surface area contributed by atoms with Crippen molar-refractivity contribution < 1.29 is 43.5 Å². The number of carbonyl (C=O) groups is 2. The van der Waals surface area contributed by atoms with Crippen LogP contribution in [-0.4, -0.2) is 132 Å². The highest BCUT2D eigenvalue weighted by Gasteiger charge is 2.59. The zero-order valence-electron chi connectivity index (χ0n) is 29.6. The van der Waals surface area contributed by atoms with Crippen LogP contribution in [0.5, 0.6) is 0 Å². The number of aliphatic hydroxyl groups is 2. The first-order valence-corrected chi connectivity index (χ1v) is 16.8. The van der Waals surface area contributed by atoms with E-state index in [-0.39, 0.29) is 30.6 Å². The van der Waals surface area contributed by atoms with E-state index in [0.29, 0.717) is 31.5 Å². The number of hydrogen-bond donors (Lipinski definition) is 2. The zero-order valence-corrected chi connectivity index (χ0v) is 29.6. The molecule has 0 aliphatic carbocycles. The van der Waals surface area contributed by atoms with Crippen molar-refractivity contribution in [1.29, 1.82) is 0 Å². The fraction of sp³-hybridized carbons (Fsp3) is 0.853. The first-order valence-electron chi connectivity index (χ1n) is 16.8. The fourth-order valence-corrected chi connectivity index (χ4v) is 8.07. The van der Waals surface area contributed by atoms with E-state index < -0.39 is 65.9 Å². The SMILES string of the molecule is CC1=C[C@H](C)[C@@H](O[C@H]2O[C@@H](C)C[C@@H](N(C)C)C2O)[C@@](C)(OCC(C)O)C[C@@H](C)C2=NCCN3C(=O)O[C@](C)([C@@H](C)OC1=O)[C@H]3[C@H]2C. The second-order valence-corrected chi connectivity index (χ2v) is 14.7. The summed E-state index contributed by atoms with van der Waals surface area (Å²) in [6.45, 7) is 17.8. The lowest BCUT2D eigenvalue weighted by atomic mass is 9.74. The number of hydrogen-bond acceptors (Lipinski definition) is 11. The van der Waals surface area contributed by atoms with Gasteiger partial charge in [-0.15, -0.1) is 0 Å². The lowest BCUT2D eigenvalue weighted by Crippen LogP contribution is -2.59. The summed E-state index contributed by atoms with van der Waals surface area (Å²) in [6.07, 6.45) is -1.82. The molecule has 0 radical (unpaired) electrons. The molecule has 262 valence electrons. The number of esters is 1. The monoisotopic (exact) mass is 651 g/mol. The first-order chi connectivity index (χ1) is 21.4. The van der Waals surface area contributed by atoms with Crippen LogP contribution in [0.4, 0.5) is 4.79 Å². The molecule has 0 aromatic carbocycles. The number of amides is 1. The summed E-state index contributed by atoms with van der Waals surface area (Å²) in [5.74, 6) is -1.31. The van der Waals surface area contributed by atoms with Gasteiger partial charge in [0.15, 0.2) is 11.9 Å². The van der Waals surface area contributed by atoms with Gasteiger partial charge in [0.05, 0.1) is 43.1 Å². The smallest absolute Gasteiger partial charge is 0.410 e. The number of fused-ring (bicyclic) bond motifs is 1. The average Bonchev–Trinajstić information content (AvgIpc) is 3.09. The molecule has 0 spiro atoms. The lowest BCUT2D eigenvalue weighted by molar-refractivity contribution is -0.297. The van der Waals surface area contributed by atoms with Crippen LogP contribution in [0.25, 0.3) is 0 Å². The van der Waals surface area contributed by atoms with E-state index in [4.69, 9.17) is 28.7 Å². The van der Waals surface area contributed by atoms with Crippen LogP contribution >= 0.6 is 0 Å². The Morgan fingerprint density at radius 1 is 1.17 bits per heavy atom. The van der Waals surface area contributed by atoms with Crippen molar-refractivity contribution in [3.8, 4) is 0 Å². The molecule has 0 aromatic rings. The van der Waals surface area contributed by atoms with Gasteiger partial charge in [-0.1, -0.05) is 26.8 Å². The summed E-state index contributed by atoms with van der Waals surface area (Å²) in [7, 11) is 3.85. The number of carbonyl (C=O) groups excluding carboxylic acids is 2. The van der Waals surface area contributed by atoms with Crippen molar-refractivity contribution in [2.24, 2.45) is 22.7 Å². The zero-order chi connectivity index (χ0) is 34.3. The van der Waals surface area contributed by atoms with Crippen LogP contribution in [0.2, 0.25) is 0 Å². The lowest BCUT2D eigenvalue weighted by Gasteiger charge is -2.47. The Morgan fingerprint density at radius 2 is 1.85 bits per heavy atom. The normalized spacial score (nSPS) is 43.2. The third-order valence-corrected chi connectivity index (χ3v) is 10.5. The van der Waals surface area contributed by atoms with Crippen molar-refractivity contribution in [3.05, 3.63) is 11.6 Å². The quantitative estimate of drug-likeness (QED) is 0.412. The van der Waals surface area contributed by atoms with Gasteiger partial charge in [-0.25, -0.2) is 9.59 Å². The highest BCUT2D eigenvalue weighted by molar-refractivity contribution is 5.91. The maximum atomic E-state index is 13.6. The molecule has 0 aromatic heterocycles. The number of likely N-dealkylation sites (N-methyl/N-ethyl adjacent to an activating group) is 1. The maximum absolute atomic E-state index is 13.6. The molecule has 2 saturated heterocycles. The van der Waals surface area contributed by atoms with Crippen LogP contribution in [0.15, 0.2) is 16.6 Å². The summed E-state index contributed by atoms with van der Waals surface area (Å²) >= 11 is 0. The Hall–Kier alpha value is -2.09. The molecule has 2 bridgehead atoms. The number of aliphatic hydroxyl groups excluding tert-OH is 2. The summed E-state index contributed by atoms with van der Waals surface area (Å²) in [5.41, 5.74) is -0.863. The first kappa shape index (κ1) is 36.7. The molecular formula is C34H57N3O9. The maximum Gasteiger partial charge on any atom is 0.410 e. The second-order valence-electron chi connectivity index (χ2n) is 14.7. The van der Waals surface area contributed by atoms with Gasteiger partial charge in [0.25, 0.3) is 0 Å². The molecule has 2 N–H and O–H groups in total. The van der Waals surface area contributed by atoms with Gasteiger partial charge in [0, 0.05) is 35.7 Å². The topological polar surface area (TPSA) is 140 Å². The molecule has 12 nitrogen and oxygen atoms in total. The third kappa shape index (κ3) is 7.32. The Bertz CT molecular complexity index is 1180. The van der Waals surface area contributed by atoms with Crippen LogP contribution in [-0.2, 0) is 28.5 Å². The Labute approximate surface area is 274 Å². The standard InChI is InChI=1S/C34H57N3O9/c1-18-14-19(2)30(40)44-24(7)34(9)28-23(6)26(35-12-13-37(28)32(41)46-34)20(3)16-33(8,42-17-21(4)38)29(18)45-31-27(39)25(36(10)11)15-22(5)43-31/h14,18,20-25,27-29,31,38-39H,12-13,15-17H2,1-11H3/t18-,20+,21?,22-,23-,24+,25+,27?,28+,29+,31+,33-,34+/m0/s1. The summed E-state index contributed by atoms with van der Waals surface area (Å²) < 4.78 is 31.6. The number of ether oxygens (including phenoxy) is 5. The van der Waals surface area contributed by atoms with Crippen molar-refractivity contribution in [3.63, 3.8) is 0 Å². The number of nitrogens with zero attached hydrogens (tertiary/aromatic N) is 3. The van der Waals surface area contributed by atoms with Gasteiger partial charge < -0.3 is 38.8 Å². The minimum atomic E-state index is -1.10. The van der Waals surface area contributed by atoms with Gasteiger partial charge in [0.1, 0.15) is 12.2 Å². The van der Waals surface area contributed by atoms with E-state index >= 15 is 0 Å². The van der Waals surface area contributed by atoms with Gasteiger partial charge in [-0.3, -0.25) is 9.89 Å². The van der Waals surface area contributed by atoms with Crippen LogP contribution in [0.1, 0.15) is 75.2 Å². The molecule has 4 aliphatic rings. The Kier molecular flexibility index (Phi) is 11.3. The molecule has 4 rings (SSSR count). The predicted molar refractivity (Wildman–Crippen MR) is 172 cm³/mol. The molecule has 4 aliphatic heterocycles. The molecule has 2 fully saturated rings. The van der Waals surface area contributed by atoms with E-state index in [0.717, 1.165) is 5.71 Å². The molecular weight excluding hydrogens is 594 g/mol. The van der Waals surface area contributed by atoms with Crippen LogP contribution < -0.4 is 0 Å². The molecule has 46 heavy (non-hydrogen) atoms. The van der Waals surface area contributed by atoms with Crippen molar-refractivity contribution in [2.75, 3.05) is 33.8 Å². The highest BCUT2D eigenvalue weighted by Crippen LogP contribution is 2.43. The summed E-state index contributed by atoms with van der Waals surface area (Å²) in [5, 5.41) is 21.8. The van der Waals surface area contributed by atoms with Crippen molar-refractivity contribution >= 4 is 17.8 Å². The van der Waals surface area contributed by atoms with Crippen LogP contribution in [0, 0.1) is 17.8 Å². The van der Waals surface area contributed by atoms with E-state index in [1.807, 2.05) is 53.6 Å². The minimum absolute atomic E-state index is 0.0434. The molecule has 4 heterocycles.